The highest BCUT2D eigenvalue weighted by molar-refractivity contribution is 5.77. The lowest BCUT2D eigenvalue weighted by molar-refractivity contribution is -0.858. The van der Waals surface area contributed by atoms with Crippen molar-refractivity contribution in [3.63, 3.8) is 0 Å². The van der Waals surface area contributed by atoms with Crippen LogP contribution in [0, 0.1) is 0 Å². The van der Waals surface area contributed by atoms with Gasteiger partial charge in [0.2, 0.25) is 5.91 Å². The number of nitrogens with two attached hydrogens (primary N) is 1. The number of hydrogen-bond donors (Lipinski definition) is 4. The van der Waals surface area contributed by atoms with Crippen LogP contribution in [0.3, 0.4) is 0 Å². The maximum Gasteiger partial charge on any atom is 0.303 e. The van der Waals surface area contributed by atoms with Gasteiger partial charge in [0.25, 0.3) is 0 Å². The summed E-state index contributed by atoms with van der Waals surface area (Å²) in [6, 6.07) is 20.5. The second-order valence-corrected chi connectivity index (χ2v) is 14.2. The number of amides is 1. The third-order valence-corrected chi connectivity index (χ3v) is 8.57. The number of carboxylic acids is 1. The molecule has 0 fully saturated rings. The molecule has 0 saturated heterocycles. The van der Waals surface area contributed by atoms with Crippen molar-refractivity contribution in [1.82, 2.24) is 9.80 Å². The first-order valence-corrected chi connectivity index (χ1v) is 19.0. The molecule has 280 valence electrons. The van der Waals surface area contributed by atoms with Crippen LogP contribution in [-0.2, 0) is 9.59 Å². The Balaban J connectivity index is 0.000000869. The van der Waals surface area contributed by atoms with Crippen LogP contribution in [0.4, 0.5) is 0 Å². The summed E-state index contributed by atoms with van der Waals surface area (Å²) < 4.78 is 0. The summed E-state index contributed by atoms with van der Waals surface area (Å²) >= 11 is 0. The maximum absolute atomic E-state index is 13.2. The van der Waals surface area contributed by atoms with Crippen LogP contribution in [0.5, 0.6) is 0 Å². The molecule has 0 aromatic heterocycles. The first-order chi connectivity index (χ1) is 23.4. The van der Waals surface area contributed by atoms with Crippen LogP contribution in [0.1, 0.15) is 107 Å². The minimum absolute atomic E-state index is 0.170. The number of unbranched alkanes of at least 4 members (excludes halogenated alkanes) is 2. The third-order valence-electron chi connectivity index (χ3n) is 8.57. The van der Waals surface area contributed by atoms with E-state index < -0.39 is 5.97 Å². The van der Waals surface area contributed by atoms with Gasteiger partial charge in [-0.05, 0) is 69.4 Å². The number of rotatable bonds is 23. The molecule has 8 nitrogen and oxygen atoms in total. The van der Waals surface area contributed by atoms with E-state index in [9.17, 15) is 9.59 Å². The lowest BCUT2D eigenvalue weighted by Crippen LogP contribution is -3.05. The minimum Gasteiger partial charge on any atom is -0.481 e. The van der Waals surface area contributed by atoms with E-state index in [0.717, 1.165) is 89.8 Å². The molecule has 0 aliphatic heterocycles. The first-order valence-electron chi connectivity index (χ1n) is 19.0. The van der Waals surface area contributed by atoms with Crippen LogP contribution in [0.25, 0.3) is 0 Å². The highest BCUT2D eigenvalue weighted by Crippen LogP contribution is 2.27. The number of hydrogen-bond acceptors (Lipinski definition) is 4. The molecule has 0 bridgehead atoms. The zero-order valence-electron chi connectivity index (χ0n) is 32.7. The van der Waals surface area contributed by atoms with Gasteiger partial charge >= 0.3 is 5.97 Å². The fraction of sp³-hybridized carbons (Fsp3) is 0.659. The Hall–Kier alpha value is -2.78. The van der Waals surface area contributed by atoms with E-state index in [1.54, 1.807) is 0 Å². The average Bonchev–Trinajstić information content (AvgIpc) is 3.07. The predicted octanol–water partition coefficient (Wildman–Crippen LogP) is 4.58. The van der Waals surface area contributed by atoms with Gasteiger partial charge in [-0.1, -0.05) is 100 Å². The van der Waals surface area contributed by atoms with Gasteiger partial charge in [-0.25, -0.2) is 0 Å². The molecule has 5 N–H and O–H groups in total. The van der Waals surface area contributed by atoms with E-state index in [2.05, 4.69) is 96.3 Å². The molecule has 0 radical (unpaired) electrons. The molecule has 0 heterocycles. The molecule has 49 heavy (non-hydrogen) atoms. The second kappa shape index (κ2) is 30.1. The van der Waals surface area contributed by atoms with Gasteiger partial charge < -0.3 is 30.4 Å². The summed E-state index contributed by atoms with van der Waals surface area (Å²) in [6.07, 6.45) is 10.8. The van der Waals surface area contributed by atoms with E-state index in [1.807, 2.05) is 30.3 Å². The number of aliphatic carboxylic acids is 1. The number of nitrogens with zero attached hydrogens (tertiary/aromatic N) is 2. The van der Waals surface area contributed by atoms with Crippen molar-refractivity contribution in [2.45, 2.75) is 96.3 Å². The molecule has 2 aromatic carbocycles. The van der Waals surface area contributed by atoms with Gasteiger partial charge in [-0.15, -0.1) is 0 Å². The molecule has 2 rings (SSSR count). The van der Waals surface area contributed by atoms with Crippen LogP contribution in [0.2, 0.25) is 0 Å². The van der Waals surface area contributed by atoms with Crippen molar-refractivity contribution in [1.29, 1.82) is 0 Å². The number of nitrogens with one attached hydrogen (secondary N) is 2. The molecule has 0 aliphatic carbocycles. The third kappa shape index (κ3) is 25.8. The fourth-order valence-corrected chi connectivity index (χ4v) is 5.69. The van der Waals surface area contributed by atoms with Crippen molar-refractivity contribution in [3.05, 3.63) is 71.8 Å². The molecule has 2 unspecified atom stereocenters. The lowest BCUT2D eigenvalue weighted by atomic mass is 9.90. The zero-order chi connectivity index (χ0) is 36.9. The van der Waals surface area contributed by atoms with Crippen molar-refractivity contribution in [3.8, 4) is 0 Å². The fourth-order valence-electron chi connectivity index (χ4n) is 5.69. The number of quaternary nitrogens is 2. The van der Waals surface area contributed by atoms with Crippen LogP contribution < -0.4 is 15.5 Å². The topological polar surface area (TPSA) is 95.8 Å². The van der Waals surface area contributed by atoms with Gasteiger partial charge in [-0.2, -0.15) is 0 Å². The molecule has 0 aliphatic rings. The van der Waals surface area contributed by atoms with Crippen LogP contribution >= 0.6 is 0 Å². The average molecular weight is 686 g/mol. The van der Waals surface area contributed by atoms with Gasteiger partial charge in [-0.3, -0.25) is 9.59 Å². The number of carboxylic acid groups (broad SMARTS) is 1. The molecule has 0 saturated carbocycles. The smallest absolute Gasteiger partial charge is 0.303 e. The summed E-state index contributed by atoms with van der Waals surface area (Å²) in [5.74, 6) is 0.145. The highest BCUT2D eigenvalue weighted by atomic mass is 16.4. The van der Waals surface area contributed by atoms with Crippen molar-refractivity contribution < 1.29 is 24.5 Å². The predicted molar refractivity (Wildman–Crippen MR) is 208 cm³/mol. The Bertz CT molecular complexity index is 1040. The van der Waals surface area contributed by atoms with E-state index in [1.165, 1.54) is 28.2 Å². The van der Waals surface area contributed by atoms with Crippen LogP contribution in [-0.4, -0.2) is 108 Å². The Kier molecular flexibility index (Phi) is 28.4. The summed E-state index contributed by atoms with van der Waals surface area (Å²) in [5.41, 5.74) is 7.71. The number of carbonyl (C=O) groups excluding carboxylic acids is 1. The molecular formula is C41H75N5O3+2. The second-order valence-electron chi connectivity index (χ2n) is 14.2. The zero-order valence-corrected chi connectivity index (χ0v) is 32.7. The van der Waals surface area contributed by atoms with Gasteiger partial charge in [0.1, 0.15) is 0 Å². The monoisotopic (exact) mass is 686 g/mol. The molecule has 8 heteroatoms. The molecule has 1 amide bonds. The highest BCUT2D eigenvalue weighted by Gasteiger charge is 2.21. The summed E-state index contributed by atoms with van der Waals surface area (Å²) in [5, 5.41) is 8.84. The van der Waals surface area contributed by atoms with E-state index >= 15 is 0 Å². The maximum atomic E-state index is 13.2. The van der Waals surface area contributed by atoms with Crippen molar-refractivity contribution in [2.24, 2.45) is 5.73 Å². The summed E-state index contributed by atoms with van der Waals surface area (Å²) in [4.78, 5) is 31.1. The van der Waals surface area contributed by atoms with Gasteiger partial charge in [0.15, 0.2) is 0 Å². The van der Waals surface area contributed by atoms with Crippen molar-refractivity contribution in [2.75, 3.05) is 81.6 Å². The number of benzene rings is 2. The molecular weight excluding hydrogens is 610 g/mol. The summed E-state index contributed by atoms with van der Waals surface area (Å²) in [7, 11) is 12.8. The standard InChI is InChI=1S/C23H41N3O.C13H18O2.C5H14N2/c1-6-7-13-22(21-14-9-8-10-15-21)20-23(27)26(18-11-16-24(2)3)19-12-17-25(4)5;1-2-3-7-12(10-13(14)15)11-8-5-4-6-9-11;1-7(2)5-3-4-6/h8-10,14-15,22H,6-7,11-13,16-20H2,1-5H3;4-6,8-9,12H,2-3,7,10H2,1H3,(H,14,15);3-6H2,1-2H3/p+2. The Morgan fingerprint density at radius 3 is 1.43 bits per heavy atom. The lowest BCUT2D eigenvalue weighted by Gasteiger charge is -2.26. The van der Waals surface area contributed by atoms with E-state index in [4.69, 9.17) is 10.8 Å². The van der Waals surface area contributed by atoms with Crippen LogP contribution in [0.15, 0.2) is 60.7 Å². The molecule has 2 atom stereocenters. The van der Waals surface area contributed by atoms with E-state index in [-0.39, 0.29) is 12.3 Å². The normalized spacial score (nSPS) is 12.2. The Morgan fingerprint density at radius 2 is 1.10 bits per heavy atom. The number of carbonyl (C=O) groups is 2. The minimum atomic E-state index is -0.708. The molecule has 0 spiro atoms. The quantitative estimate of drug-likeness (QED) is 0.138. The SMILES string of the molecule is CCCCC(CC(=O)N(CCC[NH+](C)C)CCC[NH+](C)C)c1ccccc1.CCCCC(CC(=O)O)c1ccccc1.CN(C)CCCN. The Labute approximate surface area is 301 Å². The van der Waals surface area contributed by atoms with Gasteiger partial charge in [0, 0.05) is 32.4 Å². The van der Waals surface area contributed by atoms with E-state index in [0.29, 0.717) is 18.2 Å². The summed E-state index contributed by atoms with van der Waals surface area (Å²) in [6.45, 7) is 10.3. The molecule has 2 aromatic rings. The Morgan fingerprint density at radius 1 is 0.673 bits per heavy atom. The van der Waals surface area contributed by atoms with Crippen molar-refractivity contribution >= 4 is 11.9 Å². The largest absolute Gasteiger partial charge is 0.481 e. The first kappa shape index (κ1) is 46.2. The van der Waals surface area contributed by atoms with Gasteiger partial charge in [0.05, 0.1) is 47.7 Å².